The lowest BCUT2D eigenvalue weighted by atomic mass is 10.0. The number of carbonyl (C=O) groups is 3. The number of aryl methyl sites for hydroxylation is 1. The van der Waals surface area contributed by atoms with Crippen molar-refractivity contribution in [3.8, 4) is 0 Å². The molecule has 0 aromatic heterocycles. The van der Waals surface area contributed by atoms with Crippen LogP contribution in [0.2, 0.25) is 0 Å². The largest absolute Gasteiger partial charge is 0.444 e. The van der Waals surface area contributed by atoms with Crippen molar-refractivity contribution >= 4 is 30.5 Å². The lowest BCUT2D eigenvalue weighted by Crippen LogP contribution is -2.54. The van der Waals surface area contributed by atoms with Crippen LogP contribution < -0.4 is 10.6 Å². The van der Waals surface area contributed by atoms with Crippen LogP contribution in [-0.4, -0.2) is 52.8 Å². The van der Waals surface area contributed by atoms with E-state index in [0.29, 0.717) is 6.54 Å². The van der Waals surface area contributed by atoms with Crippen molar-refractivity contribution in [1.29, 1.82) is 0 Å². The van der Waals surface area contributed by atoms with Gasteiger partial charge in [-0.25, -0.2) is 4.79 Å². The van der Waals surface area contributed by atoms with E-state index in [0.717, 1.165) is 49.7 Å². The Balaban J connectivity index is 2.31. The molecule has 1 aromatic rings. The summed E-state index contributed by atoms with van der Waals surface area (Å²) in [6.07, 6.45) is 4.84. The highest BCUT2D eigenvalue weighted by molar-refractivity contribution is 7.80. The van der Waals surface area contributed by atoms with E-state index in [9.17, 15) is 14.4 Å². The molecule has 0 spiro atoms. The predicted octanol–water partition coefficient (Wildman–Crippen LogP) is 4.41. The average molecular weight is 492 g/mol. The smallest absolute Gasteiger partial charge is 0.408 e. The van der Waals surface area contributed by atoms with Gasteiger partial charge in [-0.1, -0.05) is 51.0 Å². The van der Waals surface area contributed by atoms with Crippen LogP contribution >= 0.6 is 12.6 Å². The predicted molar refractivity (Wildman–Crippen MR) is 138 cm³/mol. The van der Waals surface area contributed by atoms with Gasteiger partial charge < -0.3 is 20.3 Å². The summed E-state index contributed by atoms with van der Waals surface area (Å²) in [6.45, 7) is 10.0. The number of alkyl carbamates (subject to hydrolysis) is 1. The topological polar surface area (TPSA) is 87.7 Å². The molecule has 0 heterocycles. The Morgan fingerprint density at radius 3 is 2.26 bits per heavy atom. The number of rotatable bonds is 12. The highest BCUT2D eigenvalue weighted by Crippen LogP contribution is 2.35. The molecule has 2 unspecified atom stereocenters. The highest BCUT2D eigenvalue weighted by Gasteiger charge is 2.43. The number of unbranched alkanes of at least 4 members (excludes halogenated alkanes) is 2. The van der Waals surface area contributed by atoms with Gasteiger partial charge in [0.25, 0.3) is 0 Å². The van der Waals surface area contributed by atoms with Gasteiger partial charge in [-0.2, -0.15) is 12.6 Å². The number of hydrogen-bond acceptors (Lipinski definition) is 5. The molecule has 0 aliphatic heterocycles. The molecular formula is C26H41N3O4S. The molecular weight excluding hydrogens is 450 g/mol. The number of hydrogen-bond donors (Lipinski definition) is 3. The molecule has 1 aliphatic carbocycles. The molecule has 0 bridgehead atoms. The molecule has 34 heavy (non-hydrogen) atoms. The molecule has 0 radical (unpaired) electrons. The van der Waals surface area contributed by atoms with Gasteiger partial charge in [-0.3, -0.25) is 9.59 Å². The van der Waals surface area contributed by atoms with E-state index in [1.807, 2.05) is 24.3 Å². The second-order valence-corrected chi connectivity index (χ2v) is 10.2. The van der Waals surface area contributed by atoms with Gasteiger partial charge in [-0.15, -0.1) is 0 Å². The summed E-state index contributed by atoms with van der Waals surface area (Å²) < 4.78 is 5.34. The number of carbonyl (C=O) groups excluding carboxylic acids is 3. The minimum Gasteiger partial charge on any atom is -0.444 e. The van der Waals surface area contributed by atoms with E-state index >= 15 is 0 Å². The fraction of sp³-hybridized carbons (Fsp3) is 0.654. The number of thiol groups is 1. The summed E-state index contributed by atoms with van der Waals surface area (Å²) in [6, 6.07) is 6.13. The molecule has 190 valence electrons. The maximum Gasteiger partial charge on any atom is 0.408 e. The van der Waals surface area contributed by atoms with Crippen LogP contribution in [0.3, 0.4) is 0 Å². The number of benzene rings is 1. The van der Waals surface area contributed by atoms with Gasteiger partial charge in [0.1, 0.15) is 17.7 Å². The molecule has 2 N–H and O–H groups in total. The van der Waals surface area contributed by atoms with E-state index in [4.69, 9.17) is 4.74 Å². The molecule has 1 aliphatic rings. The van der Waals surface area contributed by atoms with Crippen molar-refractivity contribution in [2.45, 2.75) is 96.9 Å². The first-order chi connectivity index (χ1) is 16.1. The number of amides is 3. The zero-order chi connectivity index (χ0) is 25.3. The van der Waals surface area contributed by atoms with E-state index in [-0.39, 0.29) is 23.6 Å². The molecule has 1 aromatic carbocycles. The maximum absolute atomic E-state index is 13.7. The Morgan fingerprint density at radius 1 is 1.12 bits per heavy atom. The maximum atomic E-state index is 13.7. The molecule has 8 heteroatoms. The summed E-state index contributed by atoms with van der Waals surface area (Å²) in [5.74, 6) is -0.423. The van der Waals surface area contributed by atoms with Crippen LogP contribution in [-0.2, 0) is 20.7 Å². The van der Waals surface area contributed by atoms with Crippen LogP contribution in [0, 0.1) is 0 Å². The highest BCUT2D eigenvalue weighted by atomic mass is 32.1. The van der Waals surface area contributed by atoms with E-state index < -0.39 is 23.8 Å². The molecule has 7 nitrogen and oxygen atoms in total. The van der Waals surface area contributed by atoms with Gasteiger partial charge in [0, 0.05) is 18.3 Å². The van der Waals surface area contributed by atoms with E-state index in [2.05, 4.69) is 37.1 Å². The van der Waals surface area contributed by atoms with Crippen molar-refractivity contribution < 1.29 is 19.1 Å². The van der Waals surface area contributed by atoms with Gasteiger partial charge in [-0.05, 0) is 57.6 Å². The summed E-state index contributed by atoms with van der Waals surface area (Å²) in [5.41, 5.74) is 1.24. The van der Waals surface area contributed by atoms with Crippen LogP contribution in [0.1, 0.15) is 83.9 Å². The van der Waals surface area contributed by atoms with Crippen molar-refractivity contribution in [2.24, 2.45) is 0 Å². The molecule has 2 atom stereocenters. The summed E-state index contributed by atoms with van der Waals surface area (Å²) >= 11 is 4.32. The second kappa shape index (κ2) is 13.0. The van der Waals surface area contributed by atoms with Crippen LogP contribution in [0.5, 0.6) is 0 Å². The lowest BCUT2D eigenvalue weighted by molar-refractivity contribution is -0.142. The third-order valence-corrected chi connectivity index (χ3v) is 6.04. The van der Waals surface area contributed by atoms with Gasteiger partial charge in [0.05, 0.1) is 0 Å². The summed E-state index contributed by atoms with van der Waals surface area (Å²) in [5, 5.41) is 5.68. The third kappa shape index (κ3) is 8.53. The van der Waals surface area contributed by atoms with Gasteiger partial charge in [0.2, 0.25) is 11.8 Å². The Bertz CT molecular complexity index is 818. The Labute approximate surface area is 209 Å². The first-order valence-corrected chi connectivity index (χ1v) is 13.0. The normalized spacial score (nSPS) is 15.2. The standard InChI is InChI=1S/C26H41N3O4S/c1-6-8-9-16-27-23(30)22(19-12-10-18(7-2)11-13-19)29(20-14-15-20)24(31)21(17-34)28-25(32)33-26(3,4)5/h10-13,20-22,34H,6-9,14-17H2,1-5H3,(H,27,30)(H,28,32). The second-order valence-electron chi connectivity index (χ2n) is 9.85. The minimum atomic E-state index is -0.899. The Kier molecular flexibility index (Phi) is 10.7. The van der Waals surface area contributed by atoms with Crippen LogP contribution in [0.15, 0.2) is 24.3 Å². The molecule has 0 saturated heterocycles. The average Bonchev–Trinajstić information content (AvgIpc) is 3.62. The Morgan fingerprint density at radius 2 is 1.76 bits per heavy atom. The molecule has 3 amide bonds. The summed E-state index contributed by atoms with van der Waals surface area (Å²) in [7, 11) is 0. The molecule has 1 fully saturated rings. The molecule has 2 rings (SSSR count). The van der Waals surface area contributed by atoms with E-state index in [1.165, 1.54) is 0 Å². The number of ether oxygens (including phenoxy) is 1. The van der Waals surface area contributed by atoms with Crippen molar-refractivity contribution in [2.75, 3.05) is 12.3 Å². The van der Waals surface area contributed by atoms with Gasteiger partial charge >= 0.3 is 6.09 Å². The fourth-order valence-electron chi connectivity index (χ4n) is 3.74. The van der Waals surface area contributed by atoms with Crippen molar-refractivity contribution in [1.82, 2.24) is 15.5 Å². The monoisotopic (exact) mass is 491 g/mol. The van der Waals surface area contributed by atoms with E-state index in [1.54, 1.807) is 25.7 Å². The van der Waals surface area contributed by atoms with Crippen molar-refractivity contribution in [3.05, 3.63) is 35.4 Å². The summed E-state index contributed by atoms with van der Waals surface area (Å²) in [4.78, 5) is 41.1. The quantitative estimate of drug-likeness (QED) is 0.299. The first-order valence-electron chi connectivity index (χ1n) is 12.4. The number of nitrogens with one attached hydrogen (secondary N) is 2. The van der Waals surface area contributed by atoms with Gasteiger partial charge in [0.15, 0.2) is 0 Å². The minimum absolute atomic E-state index is 0.0486. The lowest BCUT2D eigenvalue weighted by Gasteiger charge is -2.34. The number of nitrogens with zero attached hydrogens (tertiary/aromatic N) is 1. The van der Waals surface area contributed by atoms with Crippen molar-refractivity contribution in [3.63, 3.8) is 0 Å². The van der Waals surface area contributed by atoms with Crippen LogP contribution in [0.25, 0.3) is 0 Å². The SMILES string of the molecule is CCCCCNC(=O)C(c1ccc(CC)cc1)N(C(=O)C(CS)NC(=O)OC(C)(C)C)C1CC1. The third-order valence-electron chi connectivity index (χ3n) is 5.68. The zero-order valence-corrected chi connectivity index (χ0v) is 22.1. The fourth-order valence-corrected chi connectivity index (χ4v) is 3.99. The Hall–Kier alpha value is -2.22. The van der Waals surface area contributed by atoms with Crippen LogP contribution in [0.4, 0.5) is 4.79 Å². The zero-order valence-electron chi connectivity index (χ0n) is 21.2. The first kappa shape index (κ1) is 28.0. The molecule has 1 saturated carbocycles.